The highest BCUT2D eigenvalue weighted by Gasteiger charge is 2.43. The van der Waals surface area contributed by atoms with Gasteiger partial charge < -0.3 is 48.6 Å². The lowest BCUT2D eigenvalue weighted by atomic mass is 10.1. The van der Waals surface area contributed by atoms with Crippen LogP contribution in [0.1, 0.15) is 33.3 Å². The summed E-state index contributed by atoms with van der Waals surface area (Å²) in [5, 5.41) is 4.63. The van der Waals surface area contributed by atoms with Gasteiger partial charge in [0.1, 0.15) is 17.2 Å². The normalized spacial score (nSPS) is 17.9. The Morgan fingerprint density at radius 2 is 2.00 bits per heavy atom. The molecule has 3 amide bonds. The monoisotopic (exact) mass is 586 g/mol. The zero-order valence-electron chi connectivity index (χ0n) is 21.0. The zero-order valence-corrected chi connectivity index (χ0v) is 21.9. The van der Waals surface area contributed by atoms with Crippen molar-refractivity contribution in [2.24, 2.45) is 0 Å². The van der Waals surface area contributed by atoms with Gasteiger partial charge in [-0.15, -0.1) is 0 Å². The van der Waals surface area contributed by atoms with Gasteiger partial charge in [-0.3, -0.25) is 14.4 Å². The number of aromatic nitrogens is 1. The number of benzene rings is 1. The van der Waals surface area contributed by atoms with Gasteiger partial charge in [0.25, 0.3) is 11.8 Å². The second-order valence-electron chi connectivity index (χ2n) is 8.68. The average Bonchev–Trinajstić information content (AvgIpc) is 3.27. The first-order valence-corrected chi connectivity index (χ1v) is 13.0. The smallest absolute Gasteiger partial charge is 0.410 e. The van der Waals surface area contributed by atoms with E-state index in [1.807, 2.05) is 0 Å². The van der Waals surface area contributed by atoms with Gasteiger partial charge in [-0.1, -0.05) is 6.07 Å². The Hall–Kier alpha value is -3.69. The van der Waals surface area contributed by atoms with Crippen molar-refractivity contribution in [3.8, 4) is 5.75 Å². The second kappa shape index (κ2) is 12.7. The summed E-state index contributed by atoms with van der Waals surface area (Å²) >= 11 is 0. The molecule has 4 rings (SSSR count). The maximum atomic E-state index is 14.0. The number of hydrogen-bond donors (Lipinski definition) is 4. The number of halogens is 2. The minimum absolute atomic E-state index is 0.0251. The largest absolute Gasteiger partial charge is 0.451 e. The first-order chi connectivity index (χ1) is 19.1. The highest BCUT2D eigenvalue weighted by Crippen LogP contribution is 2.30. The molecule has 1 aromatic carbocycles. The predicted molar refractivity (Wildman–Crippen MR) is 131 cm³/mol. The maximum absolute atomic E-state index is 14.0. The number of hydrogen-bond acceptors (Lipinski definition) is 10. The Kier molecular flexibility index (Phi) is 9.27. The molecule has 0 spiro atoms. The fraction of sp³-hybridized carbons (Fsp3) is 0.391. The third kappa shape index (κ3) is 6.54. The van der Waals surface area contributed by atoms with E-state index in [4.69, 9.17) is 24.0 Å². The van der Waals surface area contributed by atoms with Gasteiger partial charge in [-0.2, -0.15) is 0 Å². The molecule has 2 unspecified atom stereocenters. The number of nitrogens with one attached hydrogen (secondary N) is 2. The third-order valence-electron chi connectivity index (χ3n) is 6.01. The quantitative estimate of drug-likeness (QED) is 0.175. The maximum Gasteiger partial charge on any atom is 0.410 e. The van der Waals surface area contributed by atoms with E-state index in [1.165, 1.54) is 9.47 Å². The van der Waals surface area contributed by atoms with Crippen LogP contribution in [-0.4, -0.2) is 76.0 Å². The van der Waals surface area contributed by atoms with E-state index in [-0.39, 0.29) is 50.1 Å². The molecule has 0 radical (unpaired) electrons. The average molecular weight is 586 g/mol. The summed E-state index contributed by atoms with van der Waals surface area (Å²) in [5.41, 5.74) is -1.64. The summed E-state index contributed by atoms with van der Waals surface area (Å²) in [4.78, 5) is 70.3. The molecule has 2 atom stereocenters. The van der Waals surface area contributed by atoms with Crippen molar-refractivity contribution < 1.29 is 51.7 Å². The van der Waals surface area contributed by atoms with E-state index >= 15 is 0 Å². The van der Waals surface area contributed by atoms with Crippen LogP contribution in [0.15, 0.2) is 29.2 Å². The van der Waals surface area contributed by atoms with Crippen LogP contribution in [0.4, 0.5) is 13.6 Å². The Morgan fingerprint density at radius 3 is 2.73 bits per heavy atom. The highest BCUT2D eigenvalue weighted by molar-refractivity contribution is 7.39. The van der Waals surface area contributed by atoms with Gasteiger partial charge in [-0.25, -0.2) is 13.6 Å². The Morgan fingerprint density at radius 1 is 1.23 bits per heavy atom. The summed E-state index contributed by atoms with van der Waals surface area (Å²) in [6.45, 7) is 0.548. The predicted octanol–water partition coefficient (Wildman–Crippen LogP) is 0.548. The number of ether oxygens (including phenoxy) is 3. The summed E-state index contributed by atoms with van der Waals surface area (Å²) in [5.74, 6) is -3.75. The molecule has 2 aromatic rings. The summed E-state index contributed by atoms with van der Waals surface area (Å²) < 4.78 is 48.9. The van der Waals surface area contributed by atoms with Crippen molar-refractivity contribution in [2.75, 3.05) is 26.6 Å². The first-order valence-electron chi connectivity index (χ1n) is 11.8. The molecule has 0 saturated carbocycles. The van der Waals surface area contributed by atoms with Crippen molar-refractivity contribution in [3.05, 3.63) is 63.1 Å². The van der Waals surface area contributed by atoms with Crippen LogP contribution < -0.4 is 20.8 Å². The van der Waals surface area contributed by atoms with Gasteiger partial charge in [0.15, 0.2) is 11.9 Å². The third-order valence-corrected chi connectivity index (χ3v) is 6.43. The molecule has 4 N–H and O–H groups in total. The van der Waals surface area contributed by atoms with Crippen LogP contribution in [0, 0.1) is 11.6 Å². The lowest BCUT2D eigenvalue weighted by molar-refractivity contribution is 0.00497. The molecule has 1 aromatic heterocycles. The molecule has 0 bridgehead atoms. The van der Waals surface area contributed by atoms with E-state index in [0.717, 1.165) is 18.3 Å². The molecule has 216 valence electrons. The molecule has 14 nitrogen and oxygen atoms in total. The minimum Gasteiger partial charge on any atom is -0.451 e. The van der Waals surface area contributed by atoms with E-state index in [9.17, 15) is 28.0 Å². The Bertz CT molecular complexity index is 1360. The van der Waals surface area contributed by atoms with E-state index in [2.05, 4.69) is 15.2 Å². The topological polar surface area (TPSA) is 178 Å². The lowest BCUT2D eigenvalue weighted by Crippen LogP contribution is -2.49. The molecule has 17 heteroatoms. The number of nitrogens with zero attached hydrogens (tertiary/aromatic N) is 2. The molecule has 3 heterocycles. The first kappa shape index (κ1) is 29.3. The van der Waals surface area contributed by atoms with Crippen molar-refractivity contribution >= 4 is 26.5 Å². The van der Waals surface area contributed by atoms with Crippen molar-refractivity contribution in [1.29, 1.82) is 0 Å². The van der Waals surface area contributed by atoms with Crippen LogP contribution >= 0.6 is 8.60 Å². The fourth-order valence-corrected chi connectivity index (χ4v) is 4.42. The zero-order chi connectivity index (χ0) is 29.0. The van der Waals surface area contributed by atoms with Crippen LogP contribution in [-0.2, 0) is 27.1 Å². The summed E-state index contributed by atoms with van der Waals surface area (Å²) in [7, 11) is -2.59. The van der Waals surface area contributed by atoms with E-state index in [0.29, 0.717) is 6.07 Å². The summed E-state index contributed by atoms with van der Waals surface area (Å²) in [6.07, 6.45) is -0.494. The minimum atomic E-state index is -2.59. The van der Waals surface area contributed by atoms with Crippen LogP contribution in [0.3, 0.4) is 0 Å². The number of carbonyl (C=O) groups is 3. The number of alkyl carbamates (subject to hydrolysis) is 1. The summed E-state index contributed by atoms with van der Waals surface area (Å²) in [6, 6.07) is 2.52. The van der Waals surface area contributed by atoms with E-state index in [1.54, 1.807) is 6.92 Å². The number of fused-ring (bicyclic) bond motifs is 2. The van der Waals surface area contributed by atoms with Gasteiger partial charge in [0.05, 0.1) is 25.8 Å². The van der Waals surface area contributed by atoms with Gasteiger partial charge in [0, 0.05) is 30.9 Å². The number of rotatable bonds is 10. The molecular weight excluding hydrogens is 561 g/mol. The number of amides is 3. The number of pyridine rings is 1. The Balaban J connectivity index is 1.54. The van der Waals surface area contributed by atoms with Crippen molar-refractivity contribution in [3.63, 3.8) is 0 Å². The molecule has 2 aliphatic rings. The lowest BCUT2D eigenvalue weighted by Gasteiger charge is -2.34. The Labute approximate surface area is 226 Å². The molecule has 1 saturated heterocycles. The van der Waals surface area contributed by atoms with Gasteiger partial charge >= 0.3 is 14.7 Å². The van der Waals surface area contributed by atoms with Gasteiger partial charge in [0.2, 0.25) is 18.0 Å². The molecule has 2 aliphatic heterocycles. The van der Waals surface area contributed by atoms with Crippen LogP contribution in [0.25, 0.3) is 0 Å². The van der Waals surface area contributed by atoms with Crippen LogP contribution in [0.2, 0.25) is 0 Å². The van der Waals surface area contributed by atoms with Crippen molar-refractivity contribution in [2.45, 2.75) is 32.3 Å². The highest BCUT2D eigenvalue weighted by atomic mass is 31.2. The fourth-order valence-electron chi connectivity index (χ4n) is 4.16. The standard InChI is InChI=1S/C23H25F2N4O10P/c1-12-10-36-17-9-28-8-15(21(31)27-7-13-2-3-14(24)6-16(13)25)19(30)20(18(28)22(32)29(12)17)37-11-38-23(33)26-4-5-39-40(34)35/h2-3,6,8,12,17,34-35H,4-5,7,9-11H2,1H3,(H,26,33)(H,27,31). The molecular formula is C23H25F2N4O10P. The molecule has 40 heavy (non-hydrogen) atoms. The van der Waals surface area contributed by atoms with Crippen LogP contribution in [0.5, 0.6) is 5.75 Å². The second-order valence-corrected chi connectivity index (χ2v) is 9.44. The molecule has 0 aliphatic carbocycles. The number of carbonyl (C=O) groups excluding carboxylic acids is 3. The van der Waals surface area contributed by atoms with Gasteiger partial charge in [-0.05, 0) is 13.0 Å². The van der Waals surface area contributed by atoms with E-state index < -0.39 is 67.9 Å². The van der Waals surface area contributed by atoms with Crippen molar-refractivity contribution in [1.82, 2.24) is 20.1 Å². The molecule has 1 fully saturated rings. The SMILES string of the molecule is CC1COC2Cn3cc(C(=O)NCc4ccc(F)cc4F)c(=O)c(OCOC(=O)NCCOP(O)O)c3C(=O)N12.